The molecular weight excluding hydrogens is 426 g/mol. The molecule has 6 rings (SSSR count). The van der Waals surface area contributed by atoms with Gasteiger partial charge in [0.25, 0.3) is 0 Å². The monoisotopic (exact) mass is 453 g/mol. The van der Waals surface area contributed by atoms with Crippen molar-refractivity contribution in [3.05, 3.63) is 59.4 Å². The van der Waals surface area contributed by atoms with Crippen LogP contribution >= 0.6 is 0 Å². The molecule has 1 amide bonds. The van der Waals surface area contributed by atoms with E-state index in [1.54, 1.807) is 14.0 Å². The van der Waals surface area contributed by atoms with E-state index in [1.807, 2.05) is 17.2 Å². The lowest BCUT2D eigenvalue weighted by atomic mass is 9.99. The molecule has 7 heteroatoms. The predicted octanol–water partition coefficient (Wildman–Crippen LogP) is 4.52. The van der Waals surface area contributed by atoms with E-state index < -0.39 is 0 Å². The molecule has 4 aromatic rings. The van der Waals surface area contributed by atoms with Gasteiger partial charge in [0.2, 0.25) is 5.91 Å². The van der Waals surface area contributed by atoms with Crippen molar-refractivity contribution < 1.29 is 9.53 Å². The molecule has 34 heavy (non-hydrogen) atoms. The summed E-state index contributed by atoms with van der Waals surface area (Å²) in [6.07, 6.45) is 6.18. The molecule has 1 saturated heterocycles. The highest BCUT2D eigenvalue weighted by Crippen LogP contribution is 2.39. The van der Waals surface area contributed by atoms with Crippen molar-refractivity contribution in [3.8, 4) is 28.3 Å². The van der Waals surface area contributed by atoms with Crippen LogP contribution in [0.5, 0.6) is 5.75 Å². The maximum absolute atomic E-state index is 11.7. The molecule has 0 spiro atoms. The predicted molar refractivity (Wildman–Crippen MR) is 131 cm³/mol. The number of benzene rings is 1. The van der Waals surface area contributed by atoms with E-state index in [9.17, 15) is 4.79 Å². The Morgan fingerprint density at radius 3 is 2.85 bits per heavy atom. The molecule has 1 aliphatic carbocycles. The van der Waals surface area contributed by atoms with Gasteiger partial charge in [-0.05, 0) is 48.9 Å². The van der Waals surface area contributed by atoms with Gasteiger partial charge < -0.3 is 9.64 Å². The Morgan fingerprint density at radius 1 is 1.18 bits per heavy atom. The number of ether oxygens (including phenoxy) is 1. The second kappa shape index (κ2) is 8.24. The first-order valence-corrected chi connectivity index (χ1v) is 11.9. The number of likely N-dealkylation sites (tertiary alicyclic amines) is 1. The third-order valence-corrected chi connectivity index (χ3v) is 7.23. The SMILES string of the molecule is COc1cc2[nH]nc(-c3ccc(C4CCN(C(C)=O)C4)nc3)c2nc1-c1cccc2c1CCC2. The number of nitrogens with one attached hydrogen (secondary N) is 1. The summed E-state index contributed by atoms with van der Waals surface area (Å²) in [7, 11) is 1.69. The minimum atomic E-state index is 0.128. The van der Waals surface area contributed by atoms with Gasteiger partial charge in [-0.25, -0.2) is 4.98 Å². The average Bonchev–Trinajstić information content (AvgIpc) is 3.62. The Bertz CT molecular complexity index is 1390. The fourth-order valence-electron chi connectivity index (χ4n) is 5.40. The van der Waals surface area contributed by atoms with Crippen molar-refractivity contribution in [2.45, 2.75) is 38.5 Å². The normalized spacial score (nSPS) is 17.4. The molecule has 0 radical (unpaired) electrons. The lowest BCUT2D eigenvalue weighted by Crippen LogP contribution is -2.25. The number of nitrogens with zero attached hydrogens (tertiary/aromatic N) is 4. The molecule has 1 atom stereocenters. The minimum Gasteiger partial charge on any atom is -0.494 e. The van der Waals surface area contributed by atoms with Gasteiger partial charge in [0.1, 0.15) is 22.7 Å². The van der Waals surface area contributed by atoms with Crippen LogP contribution in [0.15, 0.2) is 42.6 Å². The summed E-state index contributed by atoms with van der Waals surface area (Å²) >= 11 is 0. The van der Waals surface area contributed by atoms with Gasteiger partial charge in [-0.2, -0.15) is 5.10 Å². The van der Waals surface area contributed by atoms with Crippen molar-refractivity contribution in [3.63, 3.8) is 0 Å². The van der Waals surface area contributed by atoms with Gasteiger partial charge in [0.15, 0.2) is 0 Å². The molecule has 1 fully saturated rings. The van der Waals surface area contributed by atoms with Crippen LogP contribution in [0.3, 0.4) is 0 Å². The number of aryl methyl sites for hydroxylation is 1. The summed E-state index contributed by atoms with van der Waals surface area (Å²) in [5.41, 5.74) is 9.14. The minimum absolute atomic E-state index is 0.128. The zero-order valence-corrected chi connectivity index (χ0v) is 19.5. The van der Waals surface area contributed by atoms with Gasteiger partial charge >= 0.3 is 0 Å². The van der Waals surface area contributed by atoms with E-state index in [0.717, 1.165) is 77.3 Å². The molecule has 1 aliphatic heterocycles. The molecule has 7 nitrogen and oxygen atoms in total. The van der Waals surface area contributed by atoms with Crippen LogP contribution in [-0.4, -0.2) is 51.2 Å². The van der Waals surface area contributed by atoms with Crippen molar-refractivity contribution in [1.82, 2.24) is 25.1 Å². The van der Waals surface area contributed by atoms with Crippen molar-refractivity contribution in [2.24, 2.45) is 0 Å². The molecule has 1 aromatic carbocycles. The number of aromatic amines is 1. The maximum atomic E-state index is 11.7. The second-order valence-electron chi connectivity index (χ2n) is 9.23. The van der Waals surface area contributed by atoms with Crippen LogP contribution in [-0.2, 0) is 17.6 Å². The topological polar surface area (TPSA) is 84.0 Å². The zero-order valence-electron chi connectivity index (χ0n) is 19.5. The van der Waals surface area contributed by atoms with E-state index in [2.05, 4.69) is 40.5 Å². The number of hydrogen-bond donors (Lipinski definition) is 1. The number of amides is 1. The van der Waals surface area contributed by atoms with Crippen molar-refractivity contribution >= 4 is 16.9 Å². The molecule has 4 heterocycles. The fourth-order valence-corrected chi connectivity index (χ4v) is 5.40. The lowest BCUT2D eigenvalue weighted by molar-refractivity contribution is -0.127. The molecule has 0 saturated carbocycles. The Balaban J connectivity index is 1.38. The Kier molecular flexibility index (Phi) is 5.05. The Morgan fingerprint density at radius 2 is 2.09 bits per heavy atom. The van der Waals surface area contributed by atoms with Crippen LogP contribution in [0.4, 0.5) is 0 Å². The molecular formula is C27H27N5O2. The third-order valence-electron chi connectivity index (χ3n) is 7.23. The number of rotatable bonds is 4. The Hall–Kier alpha value is -3.74. The van der Waals surface area contributed by atoms with E-state index in [0.29, 0.717) is 0 Å². The number of carbonyl (C=O) groups is 1. The van der Waals surface area contributed by atoms with Gasteiger partial charge in [0.05, 0.1) is 12.6 Å². The van der Waals surface area contributed by atoms with Gasteiger partial charge in [-0.1, -0.05) is 18.2 Å². The molecule has 1 unspecified atom stereocenters. The number of H-pyrrole nitrogens is 1. The molecule has 2 aliphatic rings. The number of methoxy groups -OCH3 is 1. The van der Waals surface area contributed by atoms with E-state index in [4.69, 9.17) is 14.7 Å². The number of pyridine rings is 2. The lowest BCUT2D eigenvalue weighted by Gasteiger charge is -2.14. The largest absolute Gasteiger partial charge is 0.494 e. The second-order valence-corrected chi connectivity index (χ2v) is 9.23. The van der Waals surface area contributed by atoms with Crippen LogP contribution in [0.1, 0.15) is 42.5 Å². The van der Waals surface area contributed by atoms with E-state index in [1.165, 1.54) is 17.5 Å². The first-order chi connectivity index (χ1) is 16.6. The van der Waals surface area contributed by atoms with Gasteiger partial charge in [-0.3, -0.25) is 14.9 Å². The fraction of sp³-hybridized carbons (Fsp3) is 0.333. The molecule has 3 aromatic heterocycles. The molecule has 172 valence electrons. The summed E-state index contributed by atoms with van der Waals surface area (Å²) in [4.78, 5) is 23.4. The summed E-state index contributed by atoms with van der Waals surface area (Å²) in [6, 6.07) is 12.6. The Labute approximate surface area is 198 Å². The number of carbonyl (C=O) groups excluding carboxylic acids is 1. The molecule has 0 bridgehead atoms. The highest BCUT2D eigenvalue weighted by Gasteiger charge is 2.26. The highest BCUT2D eigenvalue weighted by molar-refractivity contribution is 5.93. The van der Waals surface area contributed by atoms with E-state index >= 15 is 0 Å². The summed E-state index contributed by atoms with van der Waals surface area (Å²) in [5, 5.41) is 7.69. The quantitative estimate of drug-likeness (QED) is 0.491. The van der Waals surface area contributed by atoms with Gasteiger partial charge in [-0.15, -0.1) is 0 Å². The van der Waals surface area contributed by atoms with Crippen molar-refractivity contribution in [2.75, 3.05) is 20.2 Å². The molecule has 1 N–H and O–H groups in total. The third kappa shape index (κ3) is 3.43. The summed E-state index contributed by atoms with van der Waals surface area (Å²) in [5.74, 6) is 1.15. The first-order valence-electron chi connectivity index (χ1n) is 11.9. The van der Waals surface area contributed by atoms with E-state index in [-0.39, 0.29) is 11.8 Å². The van der Waals surface area contributed by atoms with Crippen LogP contribution in [0.25, 0.3) is 33.5 Å². The van der Waals surface area contributed by atoms with Crippen LogP contribution < -0.4 is 4.74 Å². The summed E-state index contributed by atoms with van der Waals surface area (Å²) in [6.45, 7) is 3.16. The summed E-state index contributed by atoms with van der Waals surface area (Å²) < 4.78 is 5.73. The van der Waals surface area contributed by atoms with Crippen molar-refractivity contribution in [1.29, 1.82) is 0 Å². The smallest absolute Gasteiger partial charge is 0.219 e. The van der Waals surface area contributed by atoms with Crippen LogP contribution in [0.2, 0.25) is 0 Å². The number of fused-ring (bicyclic) bond motifs is 2. The zero-order chi connectivity index (χ0) is 23.2. The number of aromatic nitrogens is 4. The number of hydrogen-bond acceptors (Lipinski definition) is 5. The van der Waals surface area contributed by atoms with Crippen LogP contribution in [0, 0.1) is 0 Å². The van der Waals surface area contributed by atoms with Gasteiger partial charge in [0, 0.05) is 55.0 Å². The average molecular weight is 454 g/mol. The standard InChI is InChI=1S/C27H27N5O2/c1-16(33)32-12-11-19(15-32)22-10-9-18(14-28-22)25-27-23(30-31-25)13-24(34-2)26(29-27)21-8-4-6-17-5-3-7-20(17)21/h4,6,8-10,13-14,19H,3,5,7,11-12,15H2,1-2H3,(H,30,31). The first kappa shape index (κ1) is 20.8. The highest BCUT2D eigenvalue weighted by atomic mass is 16.5. The maximum Gasteiger partial charge on any atom is 0.219 e.